The fourth-order valence-corrected chi connectivity index (χ4v) is 3.99. The third-order valence-electron chi connectivity index (χ3n) is 5.38. The highest BCUT2D eigenvalue weighted by molar-refractivity contribution is 5.43. The van der Waals surface area contributed by atoms with Gasteiger partial charge in [-0.15, -0.1) is 10.2 Å². The molecule has 2 aliphatic rings. The lowest BCUT2D eigenvalue weighted by atomic mass is 9.95. The van der Waals surface area contributed by atoms with Gasteiger partial charge < -0.3 is 19.9 Å². The molecule has 1 saturated heterocycles. The van der Waals surface area contributed by atoms with E-state index in [1.807, 2.05) is 12.4 Å². The van der Waals surface area contributed by atoms with Crippen LogP contribution in [0.25, 0.3) is 0 Å². The van der Waals surface area contributed by atoms with Crippen LogP contribution in [0.5, 0.6) is 0 Å². The van der Waals surface area contributed by atoms with Gasteiger partial charge in [0.05, 0.1) is 12.6 Å². The summed E-state index contributed by atoms with van der Waals surface area (Å²) in [7, 11) is 0. The molecule has 1 atom stereocenters. The summed E-state index contributed by atoms with van der Waals surface area (Å²) >= 11 is 0. The van der Waals surface area contributed by atoms with Crippen molar-refractivity contribution < 1.29 is 5.11 Å². The maximum absolute atomic E-state index is 9.87. The van der Waals surface area contributed by atoms with Gasteiger partial charge in [0.25, 0.3) is 0 Å². The minimum Gasteiger partial charge on any atom is -0.391 e. The van der Waals surface area contributed by atoms with Crippen LogP contribution in [0.2, 0.25) is 0 Å². The van der Waals surface area contributed by atoms with Gasteiger partial charge in [0, 0.05) is 25.3 Å². The number of rotatable bonds is 5. The second kappa shape index (κ2) is 7.99. The number of aliphatic hydroxyl groups excluding tert-OH is 1. The van der Waals surface area contributed by atoms with Crippen molar-refractivity contribution in [3.05, 3.63) is 24.4 Å². The second-order valence-corrected chi connectivity index (χ2v) is 7.28. The Kier molecular flexibility index (Phi) is 5.29. The van der Waals surface area contributed by atoms with Gasteiger partial charge in [0.15, 0.2) is 5.82 Å². The van der Waals surface area contributed by atoms with Crippen molar-refractivity contribution in [3.8, 4) is 0 Å². The summed E-state index contributed by atoms with van der Waals surface area (Å²) in [5.41, 5.74) is 0. The normalized spacial score (nSPS) is 21.7. The Bertz CT molecular complexity index is 713. The number of anilines is 2. The number of nitrogens with one attached hydrogen (secondary N) is 1. The number of aromatic nitrogens is 5. The molecule has 0 bridgehead atoms. The molecule has 3 heterocycles. The Morgan fingerprint density at radius 1 is 1.15 bits per heavy atom. The first kappa shape index (κ1) is 17.2. The lowest BCUT2D eigenvalue weighted by Crippen LogP contribution is -2.38. The van der Waals surface area contributed by atoms with Gasteiger partial charge in [-0.1, -0.05) is 19.3 Å². The monoisotopic (exact) mass is 357 g/mol. The van der Waals surface area contributed by atoms with Gasteiger partial charge >= 0.3 is 0 Å². The van der Waals surface area contributed by atoms with Gasteiger partial charge in [0.1, 0.15) is 12.1 Å². The fourth-order valence-electron chi connectivity index (χ4n) is 3.99. The predicted octanol–water partition coefficient (Wildman–Crippen LogP) is 2.15. The average molecular weight is 357 g/mol. The number of aliphatic hydroxyl groups is 1. The van der Waals surface area contributed by atoms with Crippen LogP contribution in [-0.4, -0.2) is 49.0 Å². The molecule has 4 rings (SSSR count). The zero-order chi connectivity index (χ0) is 17.8. The summed E-state index contributed by atoms with van der Waals surface area (Å²) in [5, 5.41) is 21.5. The van der Waals surface area contributed by atoms with Crippen LogP contribution in [0.1, 0.15) is 56.8 Å². The minimum atomic E-state index is -0.274. The molecular formula is C18H27N7O. The van der Waals surface area contributed by atoms with E-state index in [-0.39, 0.29) is 6.10 Å². The van der Waals surface area contributed by atoms with Crippen LogP contribution >= 0.6 is 0 Å². The zero-order valence-electron chi connectivity index (χ0n) is 15.1. The first-order chi connectivity index (χ1) is 12.8. The Balaban J connectivity index is 1.41. The molecule has 1 saturated carbocycles. The van der Waals surface area contributed by atoms with E-state index in [1.165, 1.54) is 32.1 Å². The van der Waals surface area contributed by atoms with Crippen molar-refractivity contribution >= 4 is 11.8 Å². The quantitative estimate of drug-likeness (QED) is 0.847. The molecule has 2 aromatic heterocycles. The van der Waals surface area contributed by atoms with Gasteiger partial charge in [-0.3, -0.25) is 0 Å². The Labute approximate surface area is 153 Å². The van der Waals surface area contributed by atoms with Crippen LogP contribution < -0.4 is 10.2 Å². The summed E-state index contributed by atoms with van der Waals surface area (Å²) in [4.78, 5) is 11.1. The topological polar surface area (TPSA) is 92.0 Å². The van der Waals surface area contributed by atoms with E-state index in [0.29, 0.717) is 25.1 Å². The first-order valence-corrected chi connectivity index (χ1v) is 9.68. The van der Waals surface area contributed by atoms with Crippen LogP contribution in [0.3, 0.4) is 0 Å². The number of piperidine rings is 1. The molecule has 8 heteroatoms. The number of nitrogens with zero attached hydrogens (tertiary/aromatic N) is 6. The van der Waals surface area contributed by atoms with Gasteiger partial charge in [-0.25, -0.2) is 4.98 Å². The number of hydrogen-bond donors (Lipinski definition) is 2. The summed E-state index contributed by atoms with van der Waals surface area (Å²) in [6.45, 7) is 2.11. The van der Waals surface area contributed by atoms with Crippen molar-refractivity contribution in [1.82, 2.24) is 24.7 Å². The van der Waals surface area contributed by atoms with Crippen LogP contribution in [-0.2, 0) is 6.54 Å². The zero-order valence-corrected chi connectivity index (χ0v) is 15.1. The molecule has 8 nitrogen and oxygen atoms in total. The molecule has 0 aromatic carbocycles. The minimum absolute atomic E-state index is 0.274. The van der Waals surface area contributed by atoms with Gasteiger partial charge in [0.2, 0.25) is 5.95 Å². The van der Waals surface area contributed by atoms with Crippen molar-refractivity contribution in [2.24, 2.45) is 0 Å². The Morgan fingerprint density at radius 2 is 2.04 bits per heavy atom. The third-order valence-corrected chi connectivity index (χ3v) is 5.38. The molecule has 1 aliphatic heterocycles. The molecule has 2 fully saturated rings. The van der Waals surface area contributed by atoms with Gasteiger partial charge in [-0.2, -0.15) is 4.98 Å². The van der Waals surface area contributed by atoms with Gasteiger partial charge in [-0.05, 0) is 31.7 Å². The van der Waals surface area contributed by atoms with E-state index in [9.17, 15) is 5.11 Å². The summed E-state index contributed by atoms with van der Waals surface area (Å²) in [5.74, 6) is 2.37. The molecule has 140 valence electrons. The van der Waals surface area contributed by atoms with Crippen molar-refractivity contribution in [2.45, 2.75) is 63.6 Å². The van der Waals surface area contributed by atoms with E-state index in [1.54, 1.807) is 6.20 Å². The van der Waals surface area contributed by atoms with E-state index < -0.39 is 0 Å². The highest BCUT2D eigenvalue weighted by Gasteiger charge is 2.20. The first-order valence-electron chi connectivity index (χ1n) is 9.68. The van der Waals surface area contributed by atoms with Crippen molar-refractivity contribution in [3.63, 3.8) is 0 Å². The number of hydrogen-bond acceptors (Lipinski definition) is 7. The standard InChI is InChI=1S/C18H27N7O/c26-15-7-4-10-24(12-15)16-8-9-19-18(22-16)20-11-17-23-21-13-25(17)14-5-2-1-3-6-14/h8-9,13-15,26H,1-7,10-12H2,(H,19,20,22). The highest BCUT2D eigenvalue weighted by atomic mass is 16.3. The summed E-state index contributed by atoms with van der Waals surface area (Å²) in [6.07, 6.45) is 11.5. The van der Waals surface area contributed by atoms with E-state index in [0.717, 1.165) is 31.0 Å². The lowest BCUT2D eigenvalue weighted by molar-refractivity contribution is 0.154. The molecule has 0 radical (unpaired) electrons. The van der Waals surface area contributed by atoms with Crippen LogP contribution in [0.4, 0.5) is 11.8 Å². The smallest absolute Gasteiger partial charge is 0.224 e. The molecule has 1 unspecified atom stereocenters. The number of β-amino-alcohol motifs (C(OH)–C–C–N with tert-alkyl or cyclic N) is 1. The SMILES string of the molecule is OC1CCCN(c2ccnc(NCc3nncn3C3CCCCC3)n2)C1. The molecular weight excluding hydrogens is 330 g/mol. The third kappa shape index (κ3) is 3.95. The molecule has 26 heavy (non-hydrogen) atoms. The molecule has 2 N–H and O–H groups in total. The summed E-state index contributed by atoms with van der Waals surface area (Å²) in [6, 6.07) is 2.41. The predicted molar refractivity (Wildman–Crippen MR) is 99.0 cm³/mol. The van der Waals surface area contributed by atoms with E-state index >= 15 is 0 Å². The molecule has 0 spiro atoms. The van der Waals surface area contributed by atoms with Crippen LogP contribution in [0.15, 0.2) is 18.6 Å². The molecule has 2 aromatic rings. The highest BCUT2D eigenvalue weighted by Crippen LogP contribution is 2.28. The lowest BCUT2D eigenvalue weighted by Gasteiger charge is -2.31. The van der Waals surface area contributed by atoms with Crippen molar-refractivity contribution in [2.75, 3.05) is 23.3 Å². The van der Waals surface area contributed by atoms with E-state index in [4.69, 9.17) is 0 Å². The second-order valence-electron chi connectivity index (χ2n) is 7.28. The maximum atomic E-state index is 9.87. The fraction of sp³-hybridized carbons (Fsp3) is 0.667. The van der Waals surface area contributed by atoms with Crippen LogP contribution in [0, 0.1) is 0 Å². The van der Waals surface area contributed by atoms with E-state index in [2.05, 4.69) is 34.9 Å². The summed E-state index contributed by atoms with van der Waals surface area (Å²) < 4.78 is 2.21. The molecule has 1 aliphatic carbocycles. The Hall–Kier alpha value is -2.22. The van der Waals surface area contributed by atoms with Crippen molar-refractivity contribution in [1.29, 1.82) is 0 Å². The maximum Gasteiger partial charge on any atom is 0.224 e. The molecule has 0 amide bonds. The largest absolute Gasteiger partial charge is 0.391 e. The average Bonchev–Trinajstić information content (AvgIpc) is 3.16. The Morgan fingerprint density at radius 3 is 2.88 bits per heavy atom.